The van der Waals surface area contributed by atoms with E-state index in [2.05, 4.69) is 6.58 Å². The molecule has 0 aliphatic carbocycles. The third kappa shape index (κ3) is 5.55. The van der Waals surface area contributed by atoms with Gasteiger partial charge in [0.25, 0.3) is 0 Å². The summed E-state index contributed by atoms with van der Waals surface area (Å²) in [5, 5.41) is 0. The second kappa shape index (κ2) is 8.37. The van der Waals surface area contributed by atoms with E-state index in [1.807, 2.05) is 37.3 Å². The maximum Gasteiger partial charge on any atom is 0.118 e. The van der Waals surface area contributed by atoms with Gasteiger partial charge in [0.2, 0.25) is 0 Å². The average molecular weight is 248 g/mol. The van der Waals surface area contributed by atoms with E-state index in [9.17, 15) is 0 Å². The number of ether oxygens (including phenoxy) is 3. The van der Waals surface area contributed by atoms with Crippen molar-refractivity contribution in [3.05, 3.63) is 54.3 Å². The molecule has 3 heteroatoms. The van der Waals surface area contributed by atoms with Crippen LogP contribution in [-0.4, -0.2) is 20.3 Å². The Balaban J connectivity index is 2.26. The van der Waals surface area contributed by atoms with Gasteiger partial charge >= 0.3 is 0 Å². The van der Waals surface area contributed by atoms with Crippen LogP contribution in [0.15, 0.2) is 48.8 Å². The number of hydrogen-bond acceptors (Lipinski definition) is 3. The highest BCUT2D eigenvalue weighted by Crippen LogP contribution is 2.12. The Hall–Kier alpha value is -1.74. The minimum atomic E-state index is 0.496. The standard InChI is InChI=1S/C15H20O3/c1-4-17-10-9-13(2)11-18-12-14-5-7-15(16-3)8-6-14/h5-10H,2,4,11-12H2,1,3H3/b10-9+. The molecule has 0 atom stereocenters. The smallest absolute Gasteiger partial charge is 0.118 e. The van der Waals surface area contributed by atoms with Crippen molar-refractivity contribution in [2.24, 2.45) is 0 Å². The molecule has 0 unspecified atom stereocenters. The Bertz CT molecular complexity index is 379. The van der Waals surface area contributed by atoms with Crippen molar-refractivity contribution in [2.75, 3.05) is 20.3 Å². The van der Waals surface area contributed by atoms with Gasteiger partial charge in [-0.05, 0) is 36.3 Å². The number of rotatable bonds is 8. The predicted molar refractivity (Wildman–Crippen MR) is 72.6 cm³/mol. The fraction of sp³-hybridized carbons (Fsp3) is 0.333. The summed E-state index contributed by atoms with van der Waals surface area (Å²) in [6, 6.07) is 7.81. The molecule has 0 aliphatic heterocycles. The first kappa shape index (κ1) is 14.3. The van der Waals surface area contributed by atoms with E-state index in [-0.39, 0.29) is 0 Å². The van der Waals surface area contributed by atoms with E-state index < -0.39 is 0 Å². The van der Waals surface area contributed by atoms with Crippen molar-refractivity contribution in [1.29, 1.82) is 0 Å². The van der Waals surface area contributed by atoms with Crippen LogP contribution in [0.3, 0.4) is 0 Å². The Labute approximate surface area is 109 Å². The zero-order chi connectivity index (χ0) is 13.2. The van der Waals surface area contributed by atoms with Gasteiger partial charge in [-0.1, -0.05) is 18.7 Å². The second-order valence-electron chi connectivity index (χ2n) is 3.76. The lowest BCUT2D eigenvalue weighted by Crippen LogP contribution is -1.97. The lowest BCUT2D eigenvalue weighted by molar-refractivity contribution is 0.144. The predicted octanol–water partition coefficient (Wildman–Crippen LogP) is 3.32. The molecule has 1 aromatic carbocycles. The van der Waals surface area contributed by atoms with Gasteiger partial charge in [0.1, 0.15) is 5.75 Å². The molecule has 0 saturated carbocycles. The van der Waals surface area contributed by atoms with Crippen molar-refractivity contribution >= 4 is 0 Å². The average Bonchev–Trinajstić information content (AvgIpc) is 2.40. The summed E-state index contributed by atoms with van der Waals surface area (Å²) in [5.41, 5.74) is 1.99. The highest BCUT2D eigenvalue weighted by molar-refractivity contribution is 5.26. The van der Waals surface area contributed by atoms with E-state index >= 15 is 0 Å². The normalized spacial score (nSPS) is 10.6. The van der Waals surface area contributed by atoms with E-state index in [1.54, 1.807) is 13.4 Å². The zero-order valence-corrected chi connectivity index (χ0v) is 11.0. The summed E-state index contributed by atoms with van der Waals surface area (Å²) in [4.78, 5) is 0. The van der Waals surface area contributed by atoms with Gasteiger partial charge in [0, 0.05) is 0 Å². The van der Waals surface area contributed by atoms with Gasteiger partial charge in [-0.2, -0.15) is 0 Å². The molecular formula is C15H20O3. The molecule has 1 rings (SSSR count). The molecule has 0 radical (unpaired) electrons. The zero-order valence-electron chi connectivity index (χ0n) is 11.0. The van der Waals surface area contributed by atoms with Crippen LogP contribution in [0.1, 0.15) is 12.5 Å². The van der Waals surface area contributed by atoms with E-state index in [0.717, 1.165) is 16.9 Å². The summed E-state index contributed by atoms with van der Waals surface area (Å²) < 4.78 is 15.7. The largest absolute Gasteiger partial charge is 0.501 e. The Kier molecular flexibility index (Phi) is 6.66. The van der Waals surface area contributed by atoms with Crippen LogP contribution in [0.4, 0.5) is 0 Å². The molecular weight excluding hydrogens is 228 g/mol. The first-order valence-electron chi connectivity index (χ1n) is 5.93. The molecule has 0 aromatic heterocycles. The highest BCUT2D eigenvalue weighted by atomic mass is 16.5. The summed E-state index contributed by atoms with van der Waals surface area (Å²) in [7, 11) is 1.65. The molecule has 0 heterocycles. The second-order valence-corrected chi connectivity index (χ2v) is 3.76. The number of benzene rings is 1. The Morgan fingerprint density at radius 2 is 2.00 bits per heavy atom. The van der Waals surface area contributed by atoms with Crippen LogP contribution < -0.4 is 4.74 Å². The van der Waals surface area contributed by atoms with Gasteiger partial charge in [0.15, 0.2) is 0 Å². The summed E-state index contributed by atoms with van der Waals surface area (Å²) >= 11 is 0. The number of hydrogen-bond donors (Lipinski definition) is 0. The summed E-state index contributed by atoms with van der Waals surface area (Å²) in [6.07, 6.45) is 3.45. The van der Waals surface area contributed by atoms with Gasteiger partial charge in [0.05, 0.1) is 33.2 Å². The Morgan fingerprint density at radius 3 is 2.61 bits per heavy atom. The minimum Gasteiger partial charge on any atom is -0.501 e. The minimum absolute atomic E-state index is 0.496. The van der Waals surface area contributed by atoms with E-state index in [4.69, 9.17) is 14.2 Å². The molecule has 0 fully saturated rings. The monoisotopic (exact) mass is 248 g/mol. The van der Waals surface area contributed by atoms with Crippen molar-refractivity contribution in [3.63, 3.8) is 0 Å². The molecule has 0 spiro atoms. The van der Waals surface area contributed by atoms with Crippen LogP contribution >= 0.6 is 0 Å². The first-order valence-corrected chi connectivity index (χ1v) is 5.93. The van der Waals surface area contributed by atoms with E-state index in [0.29, 0.717) is 19.8 Å². The molecule has 0 bridgehead atoms. The molecule has 1 aromatic rings. The molecule has 18 heavy (non-hydrogen) atoms. The number of methoxy groups -OCH3 is 1. The highest BCUT2D eigenvalue weighted by Gasteiger charge is 1.95. The SMILES string of the molecule is C=C(/C=C/OCC)COCc1ccc(OC)cc1. The molecule has 3 nitrogen and oxygen atoms in total. The molecule has 0 amide bonds. The van der Waals surface area contributed by atoms with Gasteiger partial charge in [-0.15, -0.1) is 0 Å². The molecule has 98 valence electrons. The van der Waals surface area contributed by atoms with Crippen LogP contribution in [-0.2, 0) is 16.1 Å². The van der Waals surface area contributed by atoms with Crippen molar-refractivity contribution in [3.8, 4) is 5.75 Å². The first-order chi connectivity index (χ1) is 8.76. The maximum atomic E-state index is 5.54. The lowest BCUT2D eigenvalue weighted by atomic mass is 10.2. The summed E-state index contributed by atoms with van der Waals surface area (Å²) in [5.74, 6) is 0.850. The van der Waals surface area contributed by atoms with Gasteiger partial charge in [-0.25, -0.2) is 0 Å². The van der Waals surface area contributed by atoms with Crippen molar-refractivity contribution < 1.29 is 14.2 Å². The van der Waals surface area contributed by atoms with Crippen LogP contribution in [0.2, 0.25) is 0 Å². The fourth-order valence-electron chi connectivity index (χ4n) is 1.31. The van der Waals surface area contributed by atoms with Crippen molar-refractivity contribution in [2.45, 2.75) is 13.5 Å². The lowest BCUT2D eigenvalue weighted by Gasteiger charge is -2.05. The molecule has 0 saturated heterocycles. The van der Waals surface area contributed by atoms with Crippen LogP contribution in [0.5, 0.6) is 5.75 Å². The van der Waals surface area contributed by atoms with Gasteiger partial charge < -0.3 is 14.2 Å². The third-order valence-electron chi connectivity index (χ3n) is 2.28. The fourth-order valence-corrected chi connectivity index (χ4v) is 1.31. The molecule has 0 aliphatic rings. The Morgan fingerprint density at radius 1 is 1.28 bits per heavy atom. The quantitative estimate of drug-likeness (QED) is 0.522. The maximum absolute atomic E-state index is 5.54. The topological polar surface area (TPSA) is 27.7 Å². The van der Waals surface area contributed by atoms with Crippen LogP contribution in [0.25, 0.3) is 0 Å². The van der Waals surface area contributed by atoms with Crippen molar-refractivity contribution in [1.82, 2.24) is 0 Å². The van der Waals surface area contributed by atoms with Crippen LogP contribution in [0, 0.1) is 0 Å². The van der Waals surface area contributed by atoms with E-state index in [1.165, 1.54) is 0 Å². The summed E-state index contributed by atoms with van der Waals surface area (Å²) in [6.45, 7) is 7.53. The third-order valence-corrected chi connectivity index (χ3v) is 2.28. The molecule has 0 N–H and O–H groups in total. The van der Waals surface area contributed by atoms with Gasteiger partial charge in [-0.3, -0.25) is 0 Å².